The molecule has 1 aromatic carbocycles. The molecule has 0 bridgehead atoms. The van der Waals surface area contributed by atoms with Crippen molar-refractivity contribution in [3.63, 3.8) is 0 Å². The summed E-state index contributed by atoms with van der Waals surface area (Å²) < 4.78 is 44.8. The van der Waals surface area contributed by atoms with Crippen LogP contribution in [-0.4, -0.2) is 28.0 Å². The number of carbonyl (C=O) groups is 1. The number of nitrogens with one attached hydrogen (secondary N) is 1. The molecule has 0 saturated carbocycles. The van der Waals surface area contributed by atoms with Gasteiger partial charge in [-0.25, -0.2) is 4.79 Å². The van der Waals surface area contributed by atoms with Gasteiger partial charge in [0.15, 0.2) is 0 Å². The van der Waals surface area contributed by atoms with Gasteiger partial charge in [0.05, 0.1) is 18.3 Å². The van der Waals surface area contributed by atoms with E-state index in [-0.39, 0.29) is 5.69 Å². The number of benzene rings is 1. The lowest BCUT2D eigenvalue weighted by molar-refractivity contribution is -0.137. The Kier molecular flexibility index (Phi) is 5.48. The molecule has 0 fully saturated rings. The Bertz CT molecular complexity index is 779. The number of halogens is 3. The van der Waals surface area contributed by atoms with Gasteiger partial charge >= 0.3 is 12.3 Å². The van der Waals surface area contributed by atoms with Gasteiger partial charge in [0.1, 0.15) is 5.60 Å². The first-order chi connectivity index (χ1) is 12.0. The van der Waals surface area contributed by atoms with Crippen LogP contribution < -0.4 is 11.1 Å². The molecular weight excluding hydrogens is 349 g/mol. The molecule has 3 N–H and O–H groups in total. The van der Waals surface area contributed by atoms with Crippen molar-refractivity contribution in [2.45, 2.75) is 39.1 Å². The quantitative estimate of drug-likeness (QED) is 0.805. The van der Waals surface area contributed by atoms with Crippen LogP contribution in [0.1, 0.15) is 26.3 Å². The van der Waals surface area contributed by atoms with Gasteiger partial charge in [-0.3, -0.25) is 4.68 Å². The van der Waals surface area contributed by atoms with E-state index in [4.69, 9.17) is 10.5 Å². The Morgan fingerprint density at radius 3 is 2.58 bits per heavy atom. The van der Waals surface area contributed by atoms with Crippen LogP contribution in [-0.2, 0) is 17.5 Å². The molecule has 1 amide bonds. The molecule has 0 aliphatic carbocycles. The zero-order valence-electron chi connectivity index (χ0n) is 14.7. The molecule has 0 unspecified atom stereocenters. The maximum atomic E-state index is 12.7. The first-order valence-electron chi connectivity index (χ1n) is 7.92. The highest BCUT2D eigenvalue weighted by molar-refractivity contribution is 5.76. The summed E-state index contributed by atoms with van der Waals surface area (Å²) in [5.41, 5.74) is 5.44. The lowest BCUT2D eigenvalue weighted by Crippen LogP contribution is -2.34. The first kappa shape index (κ1) is 19.6. The highest BCUT2D eigenvalue weighted by Gasteiger charge is 2.30. The van der Waals surface area contributed by atoms with Gasteiger partial charge in [0, 0.05) is 29.6 Å². The zero-order chi connectivity index (χ0) is 19.5. The largest absolute Gasteiger partial charge is 0.444 e. The summed E-state index contributed by atoms with van der Waals surface area (Å²) in [5, 5.41) is 6.72. The Morgan fingerprint density at radius 1 is 1.31 bits per heavy atom. The van der Waals surface area contributed by atoms with Crippen LogP contribution in [0.2, 0.25) is 0 Å². The van der Waals surface area contributed by atoms with Crippen molar-refractivity contribution >= 4 is 11.8 Å². The number of ether oxygens (including phenoxy) is 1. The maximum absolute atomic E-state index is 12.7. The molecule has 0 saturated heterocycles. The van der Waals surface area contributed by atoms with E-state index in [0.29, 0.717) is 24.2 Å². The van der Waals surface area contributed by atoms with Crippen LogP contribution in [0, 0.1) is 0 Å². The molecule has 0 spiro atoms. The van der Waals surface area contributed by atoms with Crippen molar-refractivity contribution in [1.29, 1.82) is 0 Å². The molecule has 1 heterocycles. The highest BCUT2D eigenvalue weighted by atomic mass is 19.4. The summed E-state index contributed by atoms with van der Waals surface area (Å²) >= 11 is 0. The molecule has 2 aromatic rings. The van der Waals surface area contributed by atoms with Gasteiger partial charge in [-0.05, 0) is 32.9 Å². The number of carbonyl (C=O) groups excluding carboxylic acids is 1. The van der Waals surface area contributed by atoms with Crippen molar-refractivity contribution in [3.05, 3.63) is 36.2 Å². The SMILES string of the molecule is CC(C)(C)OC(=O)NCCn1cc(-c2ccc(C(F)(F)F)cc2N)cn1. The first-order valence-corrected chi connectivity index (χ1v) is 7.92. The number of aromatic nitrogens is 2. The summed E-state index contributed by atoms with van der Waals surface area (Å²) in [5.74, 6) is 0. The maximum Gasteiger partial charge on any atom is 0.416 e. The number of rotatable bonds is 4. The average molecular weight is 370 g/mol. The third kappa shape index (κ3) is 5.40. The highest BCUT2D eigenvalue weighted by Crippen LogP contribution is 2.34. The lowest BCUT2D eigenvalue weighted by atomic mass is 10.0. The normalized spacial score (nSPS) is 12.1. The standard InChI is InChI=1S/C17H21F3N4O2/c1-16(2,3)26-15(25)22-6-7-24-10-11(9-23-24)13-5-4-12(8-14(13)21)17(18,19)20/h4-5,8-10H,6-7,21H2,1-3H3,(H,22,25). The van der Waals surface area contributed by atoms with E-state index in [1.165, 1.54) is 12.3 Å². The van der Waals surface area contributed by atoms with Crippen molar-refractivity contribution in [2.24, 2.45) is 0 Å². The number of amides is 1. The van der Waals surface area contributed by atoms with Crippen LogP contribution >= 0.6 is 0 Å². The molecular formula is C17H21F3N4O2. The topological polar surface area (TPSA) is 82.2 Å². The van der Waals surface area contributed by atoms with E-state index >= 15 is 0 Å². The number of nitrogens with zero attached hydrogens (tertiary/aromatic N) is 2. The number of hydrogen-bond donors (Lipinski definition) is 2. The smallest absolute Gasteiger partial charge is 0.416 e. The monoisotopic (exact) mass is 370 g/mol. The average Bonchev–Trinajstić information content (AvgIpc) is 2.92. The fourth-order valence-electron chi connectivity index (χ4n) is 2.21. The Morgan fingerprint density at radius 2 is 2.00 bits per heavy atom. The third-order valence-electron chi connectivity index (χ3n) is 3.33. The summed E-state index contributed by atoms with van der Waals surface area (Å²) in [6, 6.07) is 3.20. The van der Waals surface area contributed by atoms with E-state index in [0.717, 1.165) is 12.1 Å². The van der Waals surface area contributed by atoms with E-state index < -0.39 is 23.4 Å². The van der Waals surface area contributed by atoms with Crippen molar-refractivity contribution < 1.29 is 22.7 Å². The van der Waals surface area contributed by atoms with Gasteiger partial charge in [0.2, 0.25) is 0 Å². The molecule has 26 heavy (non-hydrogen) atoms. The zero-order valence-corrected chi connectivity index (χ0v) is 14.7. The minimum Gasteiger partial charge on any atom is -0.444 e. The van der Waals surface area contributed by atoms with E-state index in [9.17, 15) is 18.0 Å². The summed E-state index contributed by atoms with van der Waals surface area (Å²) in [6.07, 6.45) is -1.82. The fourth-order valence-corrected chi connectivity index (χ4v) is 2.21. The second kappa shape index (κ2) is 7.27. The number of alkyl halides is 3. The molecule has 6 nitrogen and oxygen atoms in total. The number of anilines is 1. The molecule has 0 radical (unpaired) electrons. The molecule has 9 heteroatoms. The number of hydrogen-bond acceptors (Lipinski definition) is 4. The van der Waals surface area contributed by atoms with Crippen molar-refractivity contribution in [1.82, 2.24) is 15.1 Å². The molecule has 0 aliphatic heterocycles. The minimum absolute atomic E-state index is 0.0197. The van der Waals surface area contributed by atoms with Crippen LogP contribution in [0.5, 0.6) is 0 Å². The second-order valence-corrected chi connectivity index (χ2v) is 6.72. The molecule has 2 rings (SSSR count). The molecule has 142 valence electrons. The summed E-state index contributed by atoms with van der Waals surface area (Å²) in [4.78, 5) is 11.6. The van der Waals surface area contributed by atoms with E-state index in [1.807, 2.05) is 0 Å². The lowest BCUT2D eigenvalue weighted by Gasteiger charge is -2.19. The number of alkyl carbamates (subject to hydrolysis) is 1. The van der Waals surface area contributed by atoms with Crippen molar-refractivity contribution in [3.8, 4) is 11.1 Å². The van der Waals surface area contributed by atoms with Crippen LogP contribution in [0.25, 0.3) is 11.1 Å². The molecule has 1 aromatic heterocycles. The Balaban J connectivity index is 1.99. The van der Waals surface area contributed by atoms with Crippen molar-refractivity contribution in [2.75, 3.05) is 12.3 Å². The predicted octanol–water partition coefficient (Wildman–Crippen LogP) is 3.68. The Hall–Kier alpha value is -2.71. The fraction of sp³-hybridized carbons (Fsp3) is 0.412. The van der Waals surface area contributed by atoms with Gasteiger partial charge in [-0.2, -0.15) is 18.3 Å². The van der Waals surface area contributed by atoms with Gasteiger partial charge in [-0.15, -0.1) is 0 Å². The number of nitrogen functional groups attached to an aromatic ring is 1. The summed E-state index contributed by atoms with van der Waals surface area (Å²) in [6.45, 7) is 5.96. The minimum atomic E-state index is -4.44. The van der Waals surface area contributed by atoms with Crippen LogP contribution in [0.15, 0.2) is 30.6 Å². The predicted molar refractivity (Wildman–Crippen MR) is 91.3 cm³/mol. The molecule has 0 aliphatic rings. The van der Waals surface area contributed by atoms with Crippen LogP contribution in [0.3, 0.4) is 0 Å². The molecule has 0 atom stereocenters. The number of nitrogens with two attached hydrogens (primary N) is 1. The summed E-state index contributed by atoms with van der Waals surface area (Å²) in [7, 11) is 0. The van der Waals surface area contributed by atoms with Gasteiger partial charge in [0.25, 0.3) is 0 Å². The van der Waals surface area contributed by atoms with Crippen LogP contribution in [0.4, 0.5) is 23.7 Å². The van der Waals surface area contributed by atoms with E-state index in [1.54, 1.807) is 31.6 Å². The van der Waals surface area contributed by atoms with Gasteiger partial charge < -0.3 is 15.8 Å². The van der Waals surface area contributed by atoms with E-state index in [2.05, 4.69) is 10.4 Å². The van der Waals surface area contributed by atoms with Gasteiger partial charge in [-0.1, -0.05) is 6.07 Å². The Labute approximate surface area is 149 Å². The second-order valence-electron chi connectivity index (χ2n) is 6.72. The third-order valence-corrected chi connectivity index (χ3v) is 3.33.